The molecule has 2 aliphatic heterocycles. The van der Waals surface area contributed by atoms with Crippen molar-refractivity contribution in [2.75, 3.05) is 32.1 Å². The van der Waals surface area contributed by atoms with Gasteiger partial charge in [0, 0.05) is 36.9 Å². The van der Waals surface area contributed by atoms with Crippen molar-refractivity contribution in [3.8, 4) is 0 Å². The number of thioether (sulfide) groups is 1. The van der Waals surface area contributed by atoms with Gasteiger partial charge in [-0.3, -0.25) is 9.59 Å². The van der Waals surface area contributed by atoms with Gasteiger partial charge >= 0.3 is 5.97 Å². The summed E-state index contributed by atoms with van der Waals surface area (Å²) in [5, 5.41) is 9.69. The monoisotopic (exact) mass is 349 g/mol. The zero-order valence-electron chi connectivity index (χ0n) is 13.9. The van der Waals surface area contributed by atoms with Crippen molar-refractivity contribution in [3.05, 3.63) is 35.4 Å². The highest BCUT2D eigenvalue weighted by molar-refractivity contribution is 7.98. The van der Waals surface area contributed by atoms with Crippen molar-refractivity contribution >= 4 is 23.6 Å². The molecule has 5 nitrogen and oxygen atoms in total. The summed E-state index contributed by atoms with van der Waals surface area (Å²) in [4.78, 5) is 26.3. The van der Waals surface area contributed by atoms with Gasteiger partial charge in [-0.1, -0.05) is 19.1 Å². The second-order valence-corrected chi connectivity index (χ2v) is 7.78. The number of amides is 1. The molecule has 0 saturated carbocycles. The van der Waals surface area contributed by atoms with Crippen molar-refractivity contribution in [2.45, 2.75) is 19.1 Å². The number of carboxylic acid groups (broad SMARTS) is 1. The molecule has 0 radical (unpaired) electrons. The number of likely N-dealkylation sites (tertiary alicyclic amines) is 1. The second kappa shape index (κ2) is 7.15. The zero-order chi connectivity index (χ0) is 17.2. The molecular weight excluding hydrogens is 326 g/mol. The summed E-state index contributed by atoms with van der Waals surface area (Å²) in [5.41, 5.74) is 0.982. The molecule has 1 aromatic rings. The van der Waals surface area contributed by atoms with E-state index in [2.05, 4.69) is 6.92 Å². The minimum atomic E-state index is -0.842. The molecule has 3 rings (SSSR count). The molecule has 2 atom stereocenters. The average molecular weight is 349 g/mol. The highest BCUT2D eigenvalue weighted by Gasteiger charge is 2.54. The Kier molecular flexibility index (Phi) is 5.15. The fourth-order valence-electron chi connectivity index (χ4n) is 3.60. The molecule has 6 heteroatoms. The van der Waals surface area contributed by atoms with Gasteiger partial charge in [-0.2, -0.15) is 11.8 Å². The van der Waals surface area contributed by atoms with Gasteiger partial charge < -0.3 is 14.7 Å². The van der Waals surface area contributed by atoms with E-state index in [1.807, 2.05) is 36.0 Å². The maximum atomic E-state index is 12.8. The largest absolute Gasteiger partial charge is 0.481 e. The second-order valence-electron chi connectivity index (χ2n) is 6.50. The Bertz CT molecular complexity index is 618. The van der Waals surface area contributed by atoms with E-state index in [1.165, 1.54) is 5.56 Å². The lowest BCUT2D eigenvalue weighted by atomic mass is 9.74. The third-order valence-corrected chi connectivity index (χ3v) is 6.04. The fourth-order valence-corrected chi connectivity index (χ4v) is 4.23. The third kappa shape index (κ3) is 3.17. The smallest absolute Gasteiger partial charge is 0.311 e. The topological polar surface area (TPSA) is 66.8 Å². The van der Waals surface area contributed by atoms with Crippen LogP contribution in [0.25, 0.3) is 0 Å². The van der Waals surface area contributed by atoms with Crippen LogP contribution >= 0.6 is 11.8 Å². The molecule has 0 spiro atoms. The number of rotatable bonds is 5. The highest BCUT2D eigenvalue weighted by Crippen LogP contribution is 2.42. The van der Waals surface area contributed by atoms with E-state index >= 15 is 0 Å². The molecule has 1 amide bonds. The number of ether oxygens (including phenoxy) is 1. The molecule has 0 bridgehead atoms. The summed E-state index contributed by atoms with van der Waals surface area (Å²) in [6, 6.07) is 7.66. The quantitative estimate of drug-likeness (QED) is 0.885. The van der Waals surface area contributed by atoms with Crippen LogP contribution in [0.3, 0.4) is 0 Å². The van der Waals surface area contributed by atoms with Gasteiger partial charge in [0.25, 0.3) is 5.91 Å². The SMILES string of the molecule is CCSCc1ccc(C(=O)N2C[C@H]3COCC[C@@]3(C(=O)O)C2)cc1. The molecule has 2 saturated heterocycles. The first-order chi connectivity index (χ1) is 11.6. The van der Waals surface area contributed by atoms with Gasteiger partial charge in [-0.15, -0.1) is 0 Å². The number of benzene rings is 1. The van der Waals surface area contributed by atoms with Crippen LogP contribution in [0.1, 0.15) is 29.3 Å². The summed E-state index contributed by atoms with van der Waals surface area (Å²) >= 11 is 1.84. The molecule has 0 unspecified atom stereocenters. The summed E-state index contributed by atoms with van der Waals surface area (Å²) in [5.74, 6) is 0.997. The number of carbonyl (C=O) groups is 2. The summed E-state index contributed by atoms with van der Waals surface area (Å²) in [7, 11) is 0. The summed E-state index contributed by atoms with van der Waals surface area (Å²) in [6.45, 7) is 3.73. The lowest BCUT2D eigenvalue weighted by Crippen LogP contribution is -2.45. The van der Waals surface area contributed by atoms with Crippen molar-refractivity contribution in [3.63, 3.8) is 0 Å². The van der Waals surface area contributed by atoms with E-state index in [1.54, 1.807) is 4.90 Å². The Morgan fingerprint density at radius 1 is 1.38 bits per heavy atom. The van der Waals surface area contributed by atoms with Gasteiger partial charge in [-0.25, -0.2) is 0 Å². The first kappa shape index (κ1) is 17.3. The number of nitrogens with zero attached hydrogens (tertiary/aromatic N) is 1. The first-order valence-electron chi connectivity index (χ1n) is 8.34. The molecule has 0 aromatic heterocycles. The molecule has 24 heavy (non-hydrogen) atoms. The average Bonchev–Trinajstić information content (AvgIpc) is 3.01. The van der Waals surface area contributed by atoms with Crippen LogP contribution in [0.2, 0.25) is 0 Å². The Morgan fingerprint density at radius 2 is 2.12 bits per heavy atom. The van der Waals surface area contributed by atoms with E-state index < -0.39 is 11.4 Å². The number of aliphatic carboxylic acids is 1. The number of carbonyl (C=O) groups excluding carboxylic acids is 1. The van der Waals surface area contributed by atoms with E-state index in [0.29, 0.717) is 31.7 Å². The van der Waals surface area contributed by atoms with Crippen LogP contribution in [0.4, 0.5) is 0 Å². The van der Waals surface area contributed by atoms with Crippen molar-refractivity contribution in [2.24, 2.45) is 11.3 Å². The third-order valence-electron chi connectivity index (χ3n) is 5.09. The molecule has 2 fully saturated rings. The Balaban J connectivity index is 1.73. The van der Waals surface area contributed by atoms with Crippen molar-refractivity contribution in [1.29, 1.82) is 0 Å². The summed E-state index contributed by atoms with van der Waals surface area (Å²) < 4.78 is 5.44. The van der Waals surface area contributed by atoms with Gasteiger partial charge in [0.05, 0.1) is 12.0 Å². The lowest BCUT2D eigenvalue weighted by Gasteiger charge is -2.33. The van der Waals surface area contributed by atoms with E-state index in [0.717, 1.165) is 11.5 Å². The van der Waals surface area contributed by atoms with Crippen molar-refractivity contribution < 1.29 is 19.4 Å². The number of fused-ring (bicyclic) bond motifs is 1. The van der Waals surface area contributed by atoms with E-state index in [-0.39, 0.29) is 18.4 Å². The summed E-state index contributed by atoms with van der Waals surface area (Å²) in [6.07, 6.45) is 0.476. The minimum Gasteiger partial charge on any atom is -0.481 e. The number of hydrogen-bond acceptors (Lipinski definition) is 4. The predicted molar refractivity (Wildman–Crippen MR) is 93.2 cm³/mol. The van der Waals surface area contributed by atoms with Crippen LogP contribution in [-0.2, 0) is 15.3 Å². The molecular formula is C18H23NO4S. The minimum absolute atomic E-state index is 0.0836. The predicted octanol–water partition coefficient (Wildman–Crippen LogP) is 2.50. The van der Waals surface area contributed by atoms with Crippen LogP contribution < -0.4 is 0 Å². The van der Waals surface area contributed by atoms with Gasteiger partial charge in [-0.05, 0) is 29.9 Å². The van der Waals surface area contributed by atoms with Gasteiger partial charge in [0.1, 0.15) is 0 Å². The van der Waals surface area contributed by atoms with E-state index in [9.17, 15) is 14.7 Å². The molecule has 130 valence electrons. The molecule has 1 N–H and O–H groups in total. The Morgan fingerprint density at radius 3 is 2.75 bits per heavy atom. The standard InChI is InChI=1S/C18H23NO4S/c1-2-24-11-13-3-5-14(6-4-13)16(20)19-9-15-10-23-8-7-18(15,12-19)17(21)22/h3-6,15H,2,7-12H2,1H3,(H,21,22)/t15-,18+/m0/s1. The normalized spacial score (nSPS) is 26.2. The molecule has 2 aliphatic rings. The molecule has 2 heterocycles. The van der Waals surface area contributed by atoms with Crippen LogP contribution in [0.5, 0.6) is 0 Å². The highest BCUT2D eigenvalue weighted by atomic mass is 32.2. The van der Waals surface area contributed by atoms with Crippen molar-refractivity contribution in [1.82, 2.24) is 4.90 Å². The molecule has 0 aliphatic carbocycles. The van der Waals surface area contributed by atoms with Gasteiger partial charge in [0.15, 0.2) is 0 Å². The van der Waals surface area contributed by atoms with E-state index in [4.69, 9.17) is 4.74 Å². The van der Waals surface area contributed by atoms with Gasteiger partial charge in [0.2, 0.25) is 0 Å². The van der Waals surface area contributed by atoms with Crippen LogP contribution in [-0.4, -0.2) is 53.9 Å². The Labute approximate surface area is 146 Å². The number of carboxylic acids is 1. The fraction of sp³-hybridized carbons (Fsp3) is 0.556. The molecule has 1 aromatic carbocycles. The first-order valence-corrected chi connectivity index (χ1v) is 9.49. The lowest BCUT2D eigenvalue weighted by molar-refractivity contribution is -0.157. The maximum absolute atomic E-state index is 12.8. The maximum Gasteiger partial charge on any atom is 0.311 e. The Hall–Kier alpha value is -1.53. The van der Waals surface area contributed by atoms with Crippen LogP contribution in [0.15, 0.2) is 24.3 Å². The van der Waals surface area contributed by atoms with Crippen LogP contribution in [0, 0.1) is 11.3 Å². The zero-order valence-corrected chi connectivity index (χ0v) is 14.7. The number of hydrogen-bond donors (Lipinski definition) is 1.